The van der Waals surface area contributed by atoms with E-state index in [1.54, 1.807) is 13.8 Å². The summed E-state index contributed by atoms with van der Waals surface area (Å²) in [5, 5.41) is 2.62. The summed E-state index contributed by atoms with van der Waals surface area (Å²) in [6, 6.07) is -0.0565. The molecule has 0 bridgehead atoms. The summed E-state index contributed by atoms with van der Waals surface area (Å²) in [7, 11) is 0. The number of aromatic nitrogens is 1. The number of hydrogen-bond donors (Lipinski definition) is 3. The molecule has 1 aromatic rings. The van der Waals surface area contributed by atoms with E-state index < -0.39 is 23.8 Å². The van der Waals surface area contributed by atoms with Crippen molar-refractivity contribution in [3.8, 4) is 0 Å². The number of carbonyl (C=O) groups is 1. The molecular weight excluding hydrogens is 261 g/mol. The number of pyridine rings is 1. The van der Waals surface area contributed by atoms with Gasteiger partial charge in [0.1, 0.15) is 11.7 Å². The Kier molecular flexibility index (Phi) is 4.23. The summed E-state index contributed by atoms with van der Waals surface area (Å²) >= 11 is 0. The van der Waals surface area contributed by atoms with Gasteiger partial charge in [-0.3, -0.25) is 4.79 Å². The third-order valence-electron chi connectivity index (χ3n) is 2.51. The molecule has 1 amide bonds. The van der Waals surface area contributed by atoms with Crippen LogP contribution in [0.3, 0.4) is 0 Å². The van der Waals surface area contributed by atoms with E-state index in [1.165, 1.54) is 0 Å². The lowest BCUT2D eigenvalue weighted by molar-refractivity contribution is -0.141. The van der Waals surface area contributed by atoms with Crippen molar-refractivity contribution in [3.05, 3.63) is 18.0 Å². The highest BCUT2D eigenvalue weighted by Gasteiger charge is 2.33. The molecule has 0 spiro atoms. The summed E-state index contributed by atoms with van der Waals surface area (Å²) in [4.78, 5) is 14.4. The number of carbonyl (C=O) groups excluding carboxylic acids is 1. The highest BCUT2D eigenvalue weighted by molar-refractivity contribution is 5.84. The van der Waals surface area contributed by atoms with Gasteiger partial charge in [-0.2, -0.15) is 13.2 Å². The van der Waals surface area contributed by atoms with Gasteiger partial charge in [-0.1, -0.05) is 13.8 Å². The third-order valence-corrected chi connectivity index (χ3v) is 2.51. The molecule has 0 aliphatic rings. The second kappa shape index (κ2) is 5.33. The molecule has 1 rings (SSSR count). The van der Waals surface area contributed by atoms with Gasteiger partial charge in [0, 0.05) is 0 Å². The highest BCUT2D eigenvalue weighted by atomic mass is 19.4. The maximum Gasteiger partial charge on any atom is 0.433 e. The Balaban J connectivity index is 3.09. The molecule has 1 atom stereocenters. The minimum absolute atomic E-state index is 0.0138. The average Bonchev–Trinajstić information content (AvgIpc) is 2.25. The predicted molar refractivity (Wildman–Crippen MR) is 65.1 cm³/mol. The first kappa shape index (κ1) is 15.1. The number of amides is 1. The molecule has 0 aliphatic heterocycles. The lowest BCUT2D eigenvalue weighted by Crippen LogP contribution is -2.39. The Morgan fingerprint density at radius 1 is 1.42 bits per heavy atom. The van der Waals surface area contributed by atoms with Crippen LogP contribution in [0.2, 0.25) is 0 Å². The van der Waals surface area contributed by atoms with Gasteiger partial charge in [0.05, 0.1) is 17.6 Å². The molecule has 5 N–H and O–H groups in total. The summed E-state index contributed by atoms with van der Waals surface area (Å²) in [6.07, 6.45) is -3.69. The first-order valence-corrected chi connectivity index (χ1v) is 5.51. The molecule has 5 nitrogen and oxygen atoms in total. The second-order valence-corrected chi connectivity index (χ2v) is 4.42. The van der Waals surface area contributed by atoms with Gasteiger partial charge in [-0.25, -0.2) is 4.98 Å². The summed E-state index contributed by atoms with van der Waals surface area (Å²) in [5.41, 5.74) is 9.63. The van der Waals surface area contributed by atoms with Gasteiger partial charge in [-0.05, 0) is 12.0 Å². The van der Waals surface area contributed by atoms with Gasteiger partial charge >= 0.3 is 6.18 Å². The molecule has 1 heterocycles. The lowest BCUT2D eigenvalue weighted by atomic mass is 10.0. The summed E-state index contributed by atoms with van der Waals surface area (Å²) in [6.45, 7) is 3.43. The molecule has 0 fully saturated rings. The van der Waals surface area contributed by atoms with Crippen molar-refractivity contribution in [1.82, 2.24) is 4.98 Å². The number of halogens is 3. The van der Waals surface area contributed by atoms with Crippen molar-refractivity contribution in [1.29, 1.82) is 0 Å². The van der Waals surface area contributed by atoms with Gasteiger partial charge in [0.15, 0.2) is 0 Å². The molecule has 0 aromatic carbocycles. The molecule has 1 unspecified atom stereocenters. The van der Waals surface area contributed by atoms with Gasteiger partial charge in [-0.15, -0.1) is 0 Å². The molecule has 1 aromatic heterocycles. The number of alkyl halides is 3. The monoisotopic (exact) mass is 276 g/mol. The number of rotatable bonds is 4. The Morgan fingerprint density at radius 3 is 2.42 bits per heavy atom. The van der Waals surface area contributed by atoms with Gasteiger partial charge < -0.3 is 16.8 Å². The number of nitrogens with two attached hydrogens (primary N) is 2. The molecule has 19 heavy (non-hydrogen) atoms. The third kappa shape index (κ3) is 3.73. The molecule has 0 radical (unpaired) electrons. The standard InChI is InChI=1S/C11H15F3N4O/c1-5(2)9(10(16)19)18-7-3-8(11(12,13)14)17-4-6(7)15/h3-5,9H,15H2,1-2H3,(H2,16,19)(H,17,18). The van der Waals surface area contributed by atoms with Crippen LogP contribution < -0.4 is 16.8 Å². The fourth-order valence-electron chi connectivity index (χ4n) is 1.48. The molecule has 0 saturated carbocycles. The van der Waals surface area contributed by atoms with Gasteiger partial charge in [0.2, 0.25) is 5.91 Å². The number of primary amides is 1. The number of nitrogens with one attached hydrogen (secondary N) is 1. The van der Waals surface area contributed by atoms with E-state index in [2.05, 4.69) is 10.3 Å². The van der Waals surface area contributed by atoms with E-state index in [0.717, 1.165) is 12.3 Å². The van der Waals surface area contributed by atoms with Crippen LogP contribution in [-0.4, -0.2) is 16.9 Å². The fraction of sp³-hybridized carbons (Fsp3) is 0.455. The predicted octanol–water partition coefficient (Wildman–Crippen LogP) is 1.60. The largest absolute Gasteiger partial charge is 0.433 e. The average molecular weight is 276 g/mol. The van der Waals surface area contributed by atoms with Crippen LogP contribution in [0.5, 0.6) is 0 Å². The molecule has 106 valence electrons. The molecular formula is C11H15F3N4O. The van der Waals surface area contributed by atoms with E-state index in [-0.39, 0.29) is 17.3 Å². The first-order valence-electron chi connectivity index (χ1n) is 5.51. The smallest absolute Gasteiger partial charge is 0.396 e. The Bertz CT molecular complexity index is 473. The Morgan fingerprint density at radius 2 is 2.00 bits per heavy atom. The summed E-state index contributed by atoms with van der Waals surface area (Å²) in [5.74, 6) is -0.862. The van der Waals surface area contributed by atoms with Gasteiger partial charge in [0.25, 0.3) is 0 Å². The van der Waals surface area contributed by atoms with Crippen molar-refractivity contribution in [2.45, 2.75) is 26.1 Å². The SMILES string of the molecule is CC(C)C(Nc1cc(C(F)(F)F)ncc1N)C(N)=O. The van der Waals surface area contributed by atoms with Crippen LogP contribution in [0, 0.1) is 5.92 Å². The van der Waals surface area contributed by atoms with Crippen molar-refractivity contribution in [3.63, 3.8) is 0 Å². The van der Waals surface area contributed by atoms with Crippen LogP contribution in [0.15, 0.2) is 12.3 Å². The number of hydrogen-bond acceptors (Lipinski definition) is 4. The van der Waals surface area contributed by atoms with Crippen LogP contribution in [0.4, 0.5) is 24.5 Å². The maximum absolute atomic E-state index is 12.5. The second-order valence-electron chi connectivity index (χ2n) is 4.42. The zero-order chi connectivity index (χ0) is 14.8. The summed E-state index contributed by atoms with van der Waals surface area (Å²) < 4.78 is 37.6. The highest BCUT2D eigenvalue weighted by Crippen LogP contribution is 2.31. The normalized spacial score (nSPS) is 13.4. The van der Waals surface area contributed by atoms with Crippen molar-refractivity contribution in [2.24, 2.45) is 11.7 Å². The van der Waals surface area contributed by atoms with E-state index in [4.69, 9.17) is 11.5 Å². The number of anilines is 2. The van der Waals surface area contributed by atoms with E-state index in [9.17, 15) is 18.0 Å². The first-order chi connectivity index (χ1) is 8.62. The quantitative estimate of drug-likeness (QED) is 0.778. The van der Waals surface area contributed by atoms with Crippen LogP contribution in [0.25, 0.3) is 0 Å². The molecule has 8 heteroatoms. The molecule has 0 saturated heterocycles. The fourth-order valence-corrected chi connectivity index (χ4v) is 1.48. The zero-order valence-electron chi connectivity index (χ0n) is 10.5. The van der Waals surface area contributed by atoms with Crippen LogP contribution in [0.1, 0.15) is 19.5 Å². The number of nitrogens with zero attached hydrogens (tertiary/aromatic N) is 1. The van der Waals surface area contributed by atoms with E-state index in [0.29, 0.717) is 0 Å². The Labute approximate surface area is 108 Å². The number of nitrogen functional groups attached to an aromatic ring is 1. The lowest BCUT2D eigenvalue weighted by Gasteiger charge is -2.21. The van der Waals surface area contributed by atoms with E-state index >= 15 is 0 Å². The minimum atomic E-state index is -4.58. The van der Waals surface area contributed by atoms with E-state index in [1.807, 2.05) is 0 Å². The maximum atomic E-state index is 12.5. The van der Waals surface area contributed by atoms with Crippen LogP contribution >= 0.6 is 0 Å². The topological polar surface area (TPSA) is 94.0 Å². The Hall–Kier alpha value is -1.99. The van der Waals surface area contributed by atoms with Crippen molar-refractivity contribution >= 4 is 17.3 Å². The van der Waals surface area contributed by atoms with Crippen LogP contribution in [-0.2, 0) is 11.0 Å². The zero-order valence-corrected chi connectivity index (χ0v) is 10.5. The van der Waals surface area contributed by atoms with Crippen molar-refractivity contribution < 1.29 is 18.0 Å². The van der Waals surface area contributed by atoms with Crippen molar-refractivity contribution in [2.75, 3.05) is 11.1 Å². The molecule has 0 aliphatic carbocycles. The minimum Gasteiger partial charge on any atom is -0.396 e.